The van der Waals surface area contributed by atoms with Crippen LogP contribution in [0.25, 0.3) is 0 Å². The highest BCUT2D eigenvalue weighted by atomic mass is 35.5. The number of ether oxygens (including phenoxy) is 1. The van der Waals surface area contributed by atoms with Crippen LogP contribution >= 0.6 is 11.6 Å². The summed E-state index contributed by atoms with van der Waals surface area (Å²) in [5.74, 6) is -0.460. The third-order valence-electron chi connectivity index (χ3n) is 6.43. The molecule has 1 atom stereocenters. The highest BCUT2D eigenvalue weighted by Gasteiger charge is 2.33. The maximum atomic E-state index is 13.9. The summed E-state index contributed by atoms with van der Waals surface area (Å²) in [4.78, 5) is 28.1. The molecule has 0 radical (unpaired) electrons. The first-order valence-corrected chi connectivity index (χ1v) is 14.4. The minimum atomic E-state index is -4.18. The fourth-order valence-electron chi connectivity index (χ4n) is 4.24. The van der Waals surface area contributed by atoms with Gasteiger partial charge in [0.2, 0.25) is 11.8 Å². The minimum absolute atomic E-state index is 0.0296. The second-order valence-electron chi connectivity index (χ2n) is 9.00. The lowest BCUT2D eigenvalue weighted by Gasteiger charge is -2.33. The third kappa shape index (κ3) is 7.30. The van der Waals surface area contributed by atoms with Crippen molar-refractivity contribution in [3.05, 3.63) is 88.9 Å². The molecule has 0 unspecified atom stereocenters. The molecule has 2 amide bonds. The lowest BCUT2D eigenvalue weighted by Crippen LogP contribution is -2.52. The molecule has 0 aromatic heterocycles. The van der Waals surface area contributed by atoms with Crippen molar-refractivity contribution in [2.75, 3.05) is 31.6 Å². The quantitative estimate of drug-likeness (QED) is 0.346. The van der Waals surface area contributed by atoms with Crippen LogP contribution in [0, 0.1) is 6.92 Å². The topological polar surface area (TPSA) is 96.0 Å². The molecule has 0 saturated heterocycles. The van der Waals surface area contributed by atoms with E-state index in [9.17, 15) is 18.0 Å². The molecule has 0 bridgehead atoms. The summed E-state index contributed by atoms with van der Waals surface area (Å²) >= 11 is 6.35. The number of nitrogens with one attached hydrogen (secondary N) is 1. The summed E-state index contributed by atoms with van der Waals surface area (Å²) in [5, 5.41) is 2.82. The molecule has 8 nitrogen and oxygen atoms in total. The van der Waals surface area contributed by atoms with E-state index in [0.717, 1.165) is 15.4 Å². The predicted molar refractivity (Wildman–Crippen MR) is 154 cm³/mol. The molecular formula is C29H34ClN3O5S. The molecule has 208 valence electrons. The van der Waals surface area contributed by atoms with Crippen molar-refractivity contribution in [2.24, 2.45) is 0 Å². The Morgan fingerprint density at radius 3 is 2.26 bits per heavy atom. The average Bonchev–Trinajstić information content (AvgIpc) is 2.94. The van der Waals surface area contributed by atoms with Gasteiger partial charge in [0.25, 0.3) is 10.0 Å². The summed E-state index contributed by atoms with van der Waals surface area (Å²) in [5.41, 5.74) is 2.09. The molecule has 3 rings (SSSR count). The van der Waals surface area contributed by atoms with E-state index in [1.807, 2.05) is 44.2 Å². The van der Waals surface area contributed by atoms with Crippen molar-refractivity contribution in [1.29, 1.82) is 0 Å². The van der Waals surface area contributed by atoms with Crippen molar-refractivity contribution >= 4 is 39.1 Å². The largest absolute Gasteiger partial charge is 0.495 e. The second-order valence-corrected chi connectivity index (χ2v) is 11.3. The van der Waals surface area contributed by atoms with Gasteiger partial charge in [-0.15, -0.1) is 0 Å². The van der Waals surface area contributed by atoms with Crippen molar-refractivity contribution in [2.45, 2.75) is 37.6 Å². The van der Waals surface area contributed by atoms with Crippen molar-refractivity contribution in [3.63, 3.8) is 0 Å². The summed E-state index contributed by atoms with van der Waals surface area (Å²) in [6, 6.07) is 19.7. The standard InChI is InChI=1S/C29H34ClN3O5S/c1-5-26(29(35)31-3)32(18-17-22-9-7-6-8-10-22)28(34)20-33(23-13-16-27(38-4)25(30)19-23)39(36,37)24-14-11-21(2)12-15-24/h6-16,19,26H,5,17-18,20H2,1-4H3,(H,31,35)/t26-/m0/s1. The number of carbonyl (C=O) groups excluding carboxylic acids is 2. The molecule has 0 aliphatic heterocycles. The monoisotopic (exact) mass is 571 g/mol. The number of aryl methyl sites for hydroxylation is 1. The van der Waals surface area contributed by atoms with Crippen molar-refractivity contribution < 1.29 is 22.7 Å². The van der Waals surface area contributed by atoms with Gasteiger partial charge in [-0.25, -0.2) is 8.42 Å². The van der Waals surface area contributed by atoms with Crippen LogP contribution in [0.5, 0.6) is 5.75 Å². The van der Waals surface area contributed by atoms with Crippen LogP contribution in [0.3, 0.4) is 0 Å². The highest BCUT2D eigenvalue weighted by Crippen LogP contribution is 2.32. The van der Waals surface area contributed by atoms with E-state index in [1.165, 1.54) is 43.3 Å². The SMILES string of the molecule is CC[C@@H](C(=O)NC)N(CCc1ccccc1)C(=O)CN(c1ccc(OC)c(Cl)c1)S(=O)(=O)c1ccc(C)cc1. The zero-order valence-electron chi connectivity index (χ0n) is 22.6. The minimum Gasteiger partial charge on any atom is -0.495 e. The number of sulfonamides is 1. The lowest BCUT2D eigenvalue weighted by atomic mass is 10.1. The first kappa shape index (κ1) is 30.0. The molecule has 3 aromatic rings. The number of rotatable bonds is 12. The van der Waals surface area contributed by atoms with Gasteiger partial charge < -0.3 is 15.0 Å². The molecule has 0 aliphatic rings. The third-order valence-corrected chi connectivity index (χ3v) is 8.51. The maximum Gasteiger partial charge on any atom is 0.264 e. The number of methoxy groups -OCH3 is 1. The number of carbonyl (C=O) groups is 2. The highest BCUT2D eigenvalue weighted by molar-refractivity contribution is 7.92. The van der Waals surface area contributed by atoms with Crippen molar-refractivity contribution in [1.82, 2.24) is 10.2 Å². The molecular weight excluding hydrogens is 538 g/mol. The average molecular weight is 572 g/mol. The van der Waals surface area contributed by atoms with Crippen LogP contribution in [0.15, 0.2) is 77.7 Å². The number of nitrogens with zero attached hydrogens (tertiary/aromatic N) is 2. The molecule has 10 heteroatoms. The van der Waals surface area contributed by atoms with Crippen LogP contribution in [0.2, 0.25) is 5.02 Å². The second kappa shape index (κ2) is 13.5. The first-order valence-electron chi connectivity index (χ1n) is 12.6. The normalized spacial score (nSPS) is 11.9. The van der Waals surface area contributed by atoms with Gasteiger partial charge in [0.1, 0.15) is 18.3 Å². The van der Waals surface area contributed by atoms with Gasteiger partial charge >= 0.3 is 0 Å². The van der Waals surface area contributed by atoms with Gasteiger partial charge in [-0.3, -0.25) is 13.9 Å². The van der Waals surface area contributed by atoms with Gasteiger partial charge in [-0.1, -0.05) is 66.6 Å². The lowest BCUT2D eigenvalue weighted by molar-refractivity contribution is -0.139. The zero-order valence-corrected chi connectivity index (χ0v) is 24.1. The van der Waals surface area contributed by atoms with Crippen LogP contribution in [0.1, 0.15) is 24.5 Å². The number of amides is 2. The number of benzene rings is 3. The molecule has 3 aromatic carbocycles. The Bertz CT molecular complexity index is 1380. The number of anilines is 1. The van der Waals surface area contributed by atoms with Crippen LogP contribution in [-0.2, 0) is 26.0 Å². The van der Waals surface area contributed by atoms with Crippen molar-refractivity contribution in [3.8, 4) is 5.75 Å². The smallest absolute Gasteiger partial charge is 0.264 e. The fraction of sp³-hybridized carbons (Fsp3) is 0.310. The van der Waals surface area contributed by atoms with Gasteiger partial charge in [0.05, 0.1) is 22.7 Å². The van der Waals surface area contributed by atoms with Crippen LogP contribution in [0.4, 0.5) is 5.69 Å². The Labute approximate surface area is 235 Å². The molecule has 1 N–H and O–H groups in total. The molecule has 0 aliphatic carbocycles. The summed E-state index contributed by atoms with van der Waals surface area (Å²) in [6.45, 7) is 3.37. The summed E-state index contributed by atoms with van der Waals surface area (Å²) < 4.78 is 34.0. The fourth-order valence-corrected chi connectivity index (χ4v) is 5.90. The number of likely N-dealkylation sites (N-methyl/N-ethyl adjacent to an activating group) is 1. The molecule has 0 saturated carbocycles. The Morgan fingerprint density at radius 2 is 1.69 bits per heavy atom. The van der Waals surface area contributed by atoms with E-state index < -0.39 is 28.5 Å². The number of hydrogen-bond donors (Lipinski definition) is 1. The zero-order chi connectivity index (χ0) is 28.6. The van der Waals surface area contributed by atoms with Gasteiger partial charge in [0, 0.05) is 13.6 Å². The first-order chi connectivity index (χ1) is 18.6. The maximum absolute atomic E-state index is 13.9. The van der Waals surface area contributed by atoms with Gasteiger partial charge in [0.15, 0.2) is 0 Å². The Morgan fingerprint density at radius 1 is 1.03 bits per heavy atom. The van der Waals surface area contributed by atoms with E-state index in [4.69, 9.17) is 16.3 Å². The van der Waals surface area contributed by atoms with Gasteiger partial charge in [-0.05, 0) is 55.7 Å². The number of hydrogen-bond acceptors (Lipinski definition) is 5. The van der Waals surface area contributed by atoms with E-state index in [2.05, 4.69) is 5.32 Å². The van der Waals surface area contributed by atoms with E-state index >= 15 is 0 Å². The van der Waals surface area contributed by atoms with E-state index in [1.54, 1.807) is 18.2 Å². The van der Waals surface area contributed by atoms with E-state index in [0.29, 0.717) is 18.6 Å². The van der Waals surface area contributed by atoms with Gasteiger partial charge in [-0.2, -0.15) is 0 Å². The Kier molecular flexibility index (Phi) is 10.4. The molecule has 0 spiro atoms. The van der Waals surface area contributed by atoms with Crippen LogP contribution < -0.4 is 14.4 Å². The molecule has 0 fully saturated rings. The Hall–Kier alpha value is -3.56. The predicted octanol–water partition coefficient (Wildman–Crippen LogP) is 4.45. The molecule has 0 heterocycles. The molecule has 39 heavy (non-hydrogen) atoms. The summed E-state index contributed by atoms with van der Waals surface area (Å²) in [6.07, 6.45) is 0.860. The Balaban J connectivity index is 2.04. The van der Waals surface area contributed by atoms with Crippen LogP contribution in [-0.4, -0.2) is 58.4 Å². The number of halogens is 1. The summed E-state index contributed by atoms with van der Waals surface area (Å²) in [7, 11) is -1.21. The van der Waals surface area contributed by atoms with E-state index in [-0.39, 0.29) is 28.1 Å².